The molecule has 0 aliphatic carbocycles. The summed E-state index contributed by atoms with van der Waals surface area (Å²) in [5, 5.41) is 42.0. The molecule has 0 aliphatic rings. The van der Waals surface area contributed by atoms with Gasteiger partial charge in [-0.05, 0) is 11.1 Å². The Morgan fingerprint density at radius 1 is 0.632 bits per heavy atom. The smallest absolute Gasteiger partial charge is 0.872 e. The molecular weight excluding hydrogens is 607 g/mol. The van der Waals surface area contributed by atoms with Gasteiger partial charge >= 0.3 is 34.1 Å². The van der Waals surface area contributed by atoms with Crippen molar-refractivity contribution >= 4 is 24.4 Å². The first-order valence-corrected chi connectivity index (χ1v) is 9.01. The first-order valence-electron chi connectivity index (χ1n) is 9.01. The molecule has 0 bridgehead atoms. The van der Waals surface area contributed by atoms with E-state index in [1.165, 1.54) is 24.6 Å². The van der Waals surface area contributed by atoms with Crippen LogP contribution < -0.4 is 20.4 Å². The maximum atomic E-state index is 11.0. The van der Waals surface area contributed by atoms with Crippen LogP contribution in [0.2, 0.25) is 0 Å². The minimum atomic E-state index is -1.26. The van der Waals surface area contributed by atoms with Gasteiger partial charge in [0.1, 0.15) is 0 Å². The van der Waals surface area contributed by atoms with E-state index in [4.69, 9.17) is 0 Å². The van der Waals surface area contributed by atoms with Crippen LogP contribution in [0.15, 0.2) is 83.3 Å². The molecular formula is C22H26Cu2N4O10. The number of hydrogen-bond acceptors (Lipinski definition) is 10. The number of carbonyl (C=O) groups is 2. The van der Waals surface area contributed by atoms with Crippen molar-refractivity contribution in [3.63, 3.8) is 0 Å². The molecule has 0 fully saturated rings. The van der Waals surface area contributed by atoms with Crippen LogP contribution in [0.5, 0.6) is 11.5 Å². The number of para-hydroxylation sites is 2. The number of aromatic nitrogens is 2. The monoisotopic (exact) mass is 632 g/mol. The molecule has 0 unspecified atom stereocenters. The minimum absolute atomic E-state index is 0. The van der Waals surface area contributed by atoms with E-state index < -0.39 is 25.0 Å². The first kappa shape index (κ1) is 47.5. The SMILES string of the molecule is O.O.O.O.O=C([O-])CN=Cc1ccccc1[O-].O=C([O-])CN=Cc1ccccc1[O-].[Cu+2].[Cu+2].c1cnccn1. The van der Waals surface area contributed by atoms with E-state index in [9.17, 15) is 30.0 Å². The van der Waals surface area contributed by atoms with Gasteiger partial charge in [0.15, 0.2) is 0 Å². The van der Waals surface area contributed by atoms with E-state index >= 15 is 0 Å². The Hall–Kier alpha value is -3.72. The van der Waals surface area contributed by atoms with E-state index in [2.05, 4.69) is 20.0 Å². The third-order valence-corrected chi connectivity index (χ3v) is 3.22. The number of aliphatic carboxylic acids is 2. The molecule has 38 heavy (non-hydrogen) atoms. The second-order valence-electron chi connectivity index (χ2n) is 5.65. The average molecular weight is 634 g/mol. The van der Waals surface area contributed by atoms with Gasteiger partial charge in [-0.2, -0.15) is 0 Å². The van der Waals surface area contributed by atoms with Crippen molar-refractivity contribution in [2.45, 2.75) is 0 Å². The van der Waals surface area contributed by atoms with Crippen molar-refractivity contribution in [2.75, 3.05) is 13.1 Å². The predicted molar refractivity (Wildman–Crippen MR) is 123 cm³/mol. The molecule has 16 heteroatoms. The van der Waals surface area contributed by atoms with Crippen LogP contribution in [0.1, 0.15) is 11.1 Å². The Balaban J connectivity index is -0.0000000982. The molecule has 2 aromatic carbocycles. The number of aliphatic imine (C=N–C) groups is 2. The van der Waals surface area contributed by atoms with Crippen molar-refractivity contribution in [1.82, 2.24) is 9.97 Å². The van der Waals surface area contributed by atoms with Gasteiger partial charge < -0.3 is 51.9 Å². The normalized spacial score (nSPS) is 8.42. The van der Waals surface area contributed by atoms with Crippen LogP contribution in [0.4, 0.5) is 0 Å². The summed E-state index contributed by atoms with van der Waals surface area (Å²) in [6.07, 6.45) is 9.02. The zero-order chi connectivity index (χ0) is 23.6. The summed E-state index contributed by atoms with van der Waals surface area (Å²) in [5.74, 6) is -2.88. The van der Waals surface area contributed by atoms with Crippen LogP contribution in [0, 0.1) is 0 Å². The quantitative estimate of drug-likeness (QED) is 0.186. The molecule has 2 radical (unpaired) electrons. The molecule has 0 atom stereocenters. The van der Waals surface area contributed by atoms with Crippen molar-refractivity contribution in [3.05, 3.63) is 84.4 Å². The van der Waals surface area contributed by atoms with Gasteiger partial charge in [-0.3, -0.25) is 20.0 Å². The maximum Gasteiger partial charge on any atom is 2.00 e. The van der Waals surface area contributed by atoms with Crippen LogP contribution in [-0.4, -0.2) is 69.3 Å². The molecule has 0 saturated heterocycles. The van der Waals surface area contributed by atoms with E-state index in [-0.39, 0.29) is 67.5 Å². The summed E-state index contributed by atoms with van der Waals surface area (Å²) in [6.45, 7) is -0.845. The molecule has 3 aromatic rings. The number of carbonyl (C=O) groups excluding carboxylic acids is 2. The molecule has 1 heterocycles. The van der Waals surface area contributed by atoms with Crippen LogP contribution in [0.25, 0.3) is 0 Å². The van der Waals surface area contributed by atoms with Gasteiger partial charge in [-0.1, -0.05) is 48.5 Å². The standard InChI is InChI=1S/2C9H9NO3.C4H4N2.2Cu.4H2O/c2*11-8-4-2-1-3-7(8)5-10-6-9(12)13;1-2-6-4-3-5-1;;;;;;/h2*1-5,11H,6H2,(H,12,13);1-4H;;;4*1H2/q;;;2*+2;;;;/p-4. The molecule has 1 aromatic heterocycles. The fourth-order valence-corrected chi connectivity index (χ4v) is 1.86. The Morgan fingerprint density at radius 3 is 1.16 bits per heavy atom. The maximum absolute atomic E-state index is 11.0. The number of hydrogen-bond donors (Lipinski definition) is 0. The number of carboxylic acid groups (broad SMARTS) is 2. The number of nitrogens with zero attached hydrogens (tertiary/aromatic N) is 4. The van der Waals surface area contributed by atoms with Gasteiger partial charge in [0.2, 0.25) is 0 Å². The summed E-state index contributed by atoms with van der Waals surface area (Å²) >= 11 is 0. The molecule has 216 valence electrons. The predicted octanol–water partition coefficient (Wildman–Crippen LogP) is -4.97. The molecule has 0 amide bonds. The van der Waals surface area contributed by atoms with Crippen LogP contribution >= 0.6 is 0 Å². The van der Waals surface area contributed by atoms with Gasteiger partial charge in [0, 0.05) is 37.2 Å². The topological polar surface area (TPSA) is 303 Å². The number of rotatable bonds is 6. The first-order chi connectivity index (χ1) is 15.4. The number of carboxylic acids is 2. The zero-order valence-electron chi connectivity index (χ0n) is 19.3. The van der Waals surface area contributed by atoms with Crippen molar-refractivity contribution < 1.29 is 86.1 Å². The van der Waals surface area contributed by atoms with E-state index in [1.54, 1.807) is 61.2 Å². The zero-order valence-corrected chi connectivity index (χ0v) is 21.2. The largest absolute Gasteiger partial charge is 2.00 e. The summed E-state index contributed by atoms with van der Waals surface area (Å²) < 4.78 is 0. The van der Waals surface area contributed by atoms with Crippen LogP contribution in [-0.2, 0) is 43.7 Å². The van der Waals surface area contributed by atoms with Gasteiger partial charge in [-0.25, -0.2) is 0 Å². The Labute approximate surface area is 239 Å². The van der Waals surface area contributed by atoms with Crippen molar-refractivity contribution in [2.24, 2.45) is 9.98 Å². The van der Waals surface area contributed by atoms with Gasteiger partial charge in [0.25, 0.3) is 0 Å². The van der Waals surface area contributed by atoms with E-state index in [1.807, 2.05) is 0 Å². The minimum Gasteiger partial charge on any atom is -0.872 e. The third kappa shape index (κ3) is 24.0. The summed E-state index contributed by atoms with van der Waals surface area (Å²) in [6, 6.07) is 12.5. The molecule has 0 spiro atoms. The fraction of sp³-hybridized carbons (Fsp3) is 0.0909. The van der Waals surface area contributed by atoms with Gasteiger partial charge in [-0.15, -0.1) is 11.5 Å². The number of benzene rings is 2. The third-order valence-electron chi connectivity index (χ3n) is 3.22. The summed E-state index contributed by atoms with van der Waals surface area (Å²) in [5.41, 5.74) is 0.757. The van der Waals surface area contributed by atoms with Gasteiger partial charge in [0.05, 0.1) is 25.0 Å². The summed E-state index contributed by atoms with van der Waals surface area (Å²) in [7, 11) is 0. The van der Waals surface area contributed by atoms with Crippen molar-refractivity contribution in [3.8, 4) is 11.5 Å². The molecule has 0 saturated carbocycles. The second-order valence-corrected chi connectivity index (χ2v) is 5.65. The Kier molecular flexibility index (Phi) is 36.9. The molecule has 8 N–H and O–H groups in total. The Morgan fingerprint density at radius 2 is 0.921 bits per heavy atom. The van der Waals surface area contributed by atoms with E-state index in [0.29, 0.717) is 11.1 Å². The summed E-state index contributed by atoms with van der Waals surface area (Å²) in [4.78, 5) is 34.4. The van der Waals surface area contributed by atoms with Crippen molar-refractivity contribution in [1.29, 1.82) is 0 Å². The molecule has 3 rings (SSSR count). The Bertz CT molecular complexity index is 951. The van der Waals surface area contributed by atoms with E-state index in [0.717, 1.165) is 0 Å². The average Bonchev–Trinajstić information content (AvgIpc) is 2.78. The second kappa shape index (κ2) is 29.5. The molecule has 14 nitrogen and oxygen atoms in total. The van der Waals surface area contributed by atoms with Crippen LogP contribution in [0.3, 0.4) is 0 Å². The molecule has 0 aliphatic heterocycles. The fourth-order valence-electron chi connectivity index (χ4n) is 1.86.